The van der Waals surface area contributed by atoms with Crippen LogP contribution in [0.5, 0.6) is 0 Å². The molecule has 0 saturated carbocycles. The molecular formula is C34H28N2O4S. The number of carbonyl (C=O) groups excluding carboxylic acids is 2. The summed E-state index contributed by atoms with van der Waals surface area (Å²) >= 11 is 1.38. The number of nitrogens with one attached hydrogen (secondary N) is 2. The number of fused-ring (bicyclic) bond motifs is 1. The summed E-state index contributed by atoms with van der Waals surface area (Å²) in [6.45, 7) is 3.99. The van der Waals surface area contributed by atoms with Crippen LogP contribution in [0.2, 0.25) is 0 Å². The number of aromatic carboxylic acids is 1. The van der Waals surface area contributed by atoms with Crippen LogP contribution >= 0.6 is 11.8 Å². The van der Waals surface area contributed by atoms with E-state index in [-0.39, 0.29) is 17.0 Å². The molecule has 5 rings (SSSR count). The number of amides is 2. The SMILES string of the molecule is Cc1cccc(NC(=O)C(Sc2cccc(NC(=O)c3cccc4cccc(C(=O)O)c34)c2)c2ccccc2)c1C. The molecule has 0 aliphatic rings. The molecule has 7 heteroatoms. The molecule has 0 heterocycles. The Morgan fingerprint density at radius 1 is 0.732 bits per heavy atom. The van der Waals surface area contributed by atoms with Gasteiger partial charge < -0.3 is 15.7 Å². The van der Waals surface area contributed by atoms with Gasteiger partial charge in [0.2, 0.25) is 5.91 Å². The standard InChI is InChI=1S/C34H28N2O4S/c1-21-10-6-19-29(22(21)2)36-33(38)31(24-11-4-3-5-12-24)41-26-16-9-15-25(20-26)35-32(37)27-17-7-13-23-14-8-18-28(30(23)27)34(39)40/h3-20,31H,1-2H3,(H,35,37)(H,36,38)(H,39,40). The van der Waals surface area contributed by atoms with Gasteiger partial charge in [-0.15, -0.1) is 11.8 Å². The molecule has 2 amide bonds. The number of rotatable bonds is 8. The molecule has 204 valence electrons. The summed E-state index contributed by atoms with van der Waals surface area (Å²) in [5.74, 6) is -1.67. The lowest BCUT2D eigenvalue weighted by molar-refractivity contribution is -0.115. The molecule has 5 aromatic carbocycles. The van der Waals surface area contributed by atoms with Gasteiger partial charge in [0.05, 0.1) is 5.56 Å². The van der Waals surface area contributed by atoms with E-state index in [0.717, 1.165) is 27.3 Å². The fourth-order valence-electron chi connectivity index (χ4n) is 4.68. The summed E-state index contributed by atoms with van der Waals surface area (Å²) in [6, 6.07) is 32.7. The van der Waals surface area contributed by atoms with Gasteiger partial charge in [-0.05, 0) is 72.3 Å². The highest BCUT2D eigenvalue weighted by Gasteiger charge is 2.23. The molecule has 3 N–H and O–H groups in total. The van der Waals surface area contributed by atoms with Crippen LogP contribution in [0.15, 0.2) is 114 Å². The molecule has 0 aliphatic heterocycles. The van der Waals surface area contributed by atoms with Crippen molar-refractivity contribution in [3.05, 3.63) is 137 Å². The van der Waals surface area contributed by atoms with Gasteiger partial charge in [-0.3, -0.25) is 9.59 Å². The number of benzene rings is 5. The largest absolute Gasteiger partial charge is 0.478 e. The van der Waals surface area contributed by atoms with Crippen LogP contribution in [0.1, 0.15) is 42.7 Å². The van der Waals surface area contributed by atoms with E-state index in [4.69, 9.17) is 0 Å². The monoisotopic (exact) mass is 560 g/mol. The van der Waals surface area contributed by atoms with E-state index in [1.807, 2.05) is 80.6 Å². The summed E-state index contributed by atoms with van der Waals surface area (Å²) in [5.41, 5.74) is 4.61. The van der Waals surface area contributed by atoms with Crippen molar-refractivity contribution in [1.82, 2.24) is 0 Å². The van der Waals surface area contributed by atoms with E-state index >= 15 is 0 Å². The molecule has 5 aromatic rings. The highest BCUT2D eigenvalue weighted by Crippen LogP contribution is 2.37. The number of carboxylic acids is 1. The maximum atomic E-state index is 13.6. The fourth-order valence-corrected chi connectivity index (χ4v) is 5.76. The molecule has 0 bridgehead atoms. The number of thioether (sulfide) groups is 1. The first-order valence-electron chi connectivity index (χ1n) is 13.1. The minimum absolute atomic E-state index is 0.0677. The van der Waals surface area contributed by atoms with Gasteiger partial charge in [-0.2, -0.15) is 0 Å². The lowest BCUT2D eigenvalue weighted by Crippen LogP contribution is -2.19. The number of hydrogen-bond acceptors (Lipinski definition) is 4. The number of aryl methyl sites for hydroxylation is 1. The van der Waals surface area contributed by atoms with Gasteiger partial charge in [-0.1, -0.05) is 72.8 Å². The topological polar surface area (TPSA) is 95.5 Å². The van der Waals surface area contributed by atoms with Gasteiger partial charge in [0.25, 0.3) is 5.91 Å². The van der Waals surface area contributed by atoms with Crippen molar-refractivity contribution in [3.8, 4) is 0 Å². The van der Waals surface area contributed by atoms with Gasteiger partial charge in [0.1, 0.15) is 5.25 Å². The Morgan fingerprint density at radius 3 is 2.15 bits per heavy atom. The zero-order chi connectivity index (χ0) is 28.9. The number of anilines is 2. The van der Waals surface area contributed by atoms with Crippen molar-refractivity contribution in [1.29, 1.82) is 0 Å². The van der Waals surface area contributed by atoms with Crippen molar-refractivity contribution in [2.75, 3.05) is 10.6 Å². The molecule has 1 atom stereocenters. The Balaban J connectivity index is 1.41. The summed E-state index contributed by atoms with van der Waals surface area (Å²) in [5, 5.41) is 16.2. The van der Waals surface area contributed by atoms with Crippen LogP contribution in [0, 0.1) is 13.8 Å². The van der Waals surface area contributed by atoms with Crippen molar-refractivity contribution >= 4 is 51.7 Å². The van der Waals surface area contributed by atoms with E-state index in [1.54, 1.807) is 36.4 Å². The van der Waals surface area contributed by atoms with Crippen LogP contribution in [0.25, 0.3) is 10.8 Å². The molecule has 0 fully saturated rings. The second-order valence-corrected chi connectivity index (χ2v) is 10.8. The number of carboxylic acid groups (broad SMARTS) is 1. The lowest BCUT2D eigenvalue weighted by atomic mass is 9.98. The molecular weight excluding hydrogens is 532 g/mol. The Bertz CT molecular complexity index is 1760. The van der Waals surface area contributed by atoms with E-state index in [0.29, 0.717) is 16.5 Å². The maximum absolute atomic E-state index is 13.6. The van der Waals surface area contributed by atoms with Crippen molar-refractivity contribution in [3.63, 3.8) is 0 Å². The molecule has 0 aliphatic carbocycles. The maximum Gasteiger partial charge on any atom is 0.336 e. The number of hydrogen-bond donors (Lipinski definition) is 3. The average Bonchev–Trinajstić information content (AvgIpc) is 2.98. The predicted octanol–water partition coefficient (Wildman–Crippen LogP) is 7.88. The van der Waals surface area contributed by atoms with Crippen LogP contribution < -0.4 is 10.6 Å². The minimum Gasteiger partial charge on any atom is -0.478 e. The van der Waals surface area contributed by atoms with Gasteiger partial charge >= 0.3 is 5.97 Å². The van der Waals surface area contributed by atoms with Crippen LogP contribution in [0.4, 0.5) is 11.4 Å². The zero-order valence-electron chi connectivity index (χ0n) is 22.5. The highest BCUT2D eigenvalue weighted by atomic mass is 32.2. The molecule has 41 heavy (non-hydrogen) atoms. The molecule has 0 spiro atoms. The van der Waals surface area contributed by atoms with E-state index in [9.17, 15) is 19.5 Å². The second kappa shape index (κ2) is 12.1. The van der Waals surface area contributed by atoms with Gasteiger partial charge in [0, 0.05) is 27.2 Å². The summed E-state index contributed by atoms with van der Waals surface area (Å²) in [4.78, 5) is 39.6. The quantitative estimate of drug-likeness (QED) is 0.168. The summed E-state index contributed by atoms with van der Waals surface area (Å²) in [7, 11) is 0. The van der Waals surface area contributed by atoms with Crippen LogP contribution in [-0.2, 0) is 4.79 Å². The number of carbonyl (C=O) groups is 3. The summed E-state index contributed by atoms with van der Waals surface area (Å²) in [6.07, 6.45) is 0. The fraction of sp³-hybridized carbons (Fsp3) is 0.0882. The highest BCUT2D eigenvalue weighted by molar-refractivity contribution is 8.00. The Morgan fingerprint density at radius 2 is 1.41 bits per heavy atom. The molecule has 0 aromatic heterocycles. The van der Waals surface area contributed by atoms with Crippen molar-refractivity contribution < 1.29 is 19.5 Å². The molecule has 0 radical (unpaired) electrons. The third kappa shape index (κ3) is 6.15. The van der Waals surface area contributed by atoms with Crippen molar-refractivity contribution in [2.24, 2.45) is 0 Å². The second-order valence-electron chi connectivity index (χ2n) is 9.64. The average molecular weight is 561 g/mol. The van der Waals surface area contributed by atoms with Gasteiger partial charge in [0.15, 0.2) is 0 Å². The zero-order valence-corrected chi connectivity index (χ0v) is 23.4. The van der Waals surface area contributed by atoms with E-state index < -0.39 is 17.1 Å². The van der Waals surface area contributed by atoms with Crippen LogP contribution in [0.3, 0.4) is 0 Å². The Kier molecular flexibility index (Phi) is 8.17. The normalized spacial score (nSPS) is 11.6. The third-order valence-electron chi connectivity index (χ3n) is 6.93. The Hall–Kier alpha value is -4.88. The molecule has 6 nitrogen and oxygen atoms in total. The first kappa shape index (κ1) is 27.7. The minimum atomic E-state index is -1.10. The first-order valence-corrected chi connectivity index (χ1v) is 13.9. The first-order chi connectivity index (χ1) is 19.8. The summed E-state index contributed by atoms with van der Waals surface area (Å²) < 4.78 is 0. The van der Waals surface area contributed by atoms with Crippen LogP contribution in [-0.4, -0.2) is 22.9 Å². The smallest absolute Gasteiger partial charge is 0.336 e. The van der Waals surface area contributed by atoms with Gasteiger partial charge in [-0.25, -0.2) is 4.79 Å². The molecule has 1 unspecified atom stereocenters. The predicted molar refractivity (Wildman–Crippen MR) is 165 cm³/mol. The van der Waals surface area contributed by atoms with E-state index in [1.165, 1.54) is 17.8 Å². The Labute approximate surface area is 242 Å². The molecule has 0 saturated heterocycles. The third-order valence-corrected chi connectivity index (χ3v) is 8.18. The lowest BCUT2D eigenvalue weighted by Gasteiger charge is -2.19. The van der Waals surface area contributed by atoms with E-state index in [2.05, 4.69) is 10.6 Å². The van der Waals surface area contributed by atoms with Crippen molar-refractivity contribution in [2.45, 2.75) is 24.0 Å².